The van der Waals surface area contributed by atoms with Gasteiger partial charge in [-0.05, 0) is 30.5 Å². The average molecular weight is 215 g/mol. The van der Waals surface area contributed by atoms with Crippen molar-refractivity contribution in [2.45, 2.75) is 26.7 Å². The second-order valence-corrected chi connectivity index (χ2v) is 4.23. The molecule has 0 bridgehead atoms. The Labute approximate surface area is 95.7 Å². The smallest absolute Gasteiger partial charge is 0.197 e. The van der Waals surface area contributed by atoms with Crippen LogP contribution in [-0.2, 0) is 0 Å². The third-order valence-corrected chi connectivity index (χ3v) is 3.19. The molecule has 3 heteroatoms. The van der Waals surface area contributed by atoms with E-state index < -0.39 is 0 Å². The lowest BCUT2D eigenvalue weighted by atomic mass is 9.92. The summed E-state index contributed by atoms with van der Waals surface area (Å²) in [5.41, 5.74) is 10.6. The summed E-state index contributed by atoms with van der Waals surface area (Å²) in [7, 11) is 0. The number of aryl methyl sites for hydroxylation is 1. The number of benzene rings is 1. The Kier molecular flexibility index (Phi) is 2.69. The van der Waals surface area contributed by atoms with Gasteiger partial charge in [-0.25, -0.2) is 4.98 Å². The lowest BCUT2D eigenvalue weighted by molar-refractivity contribution is 0.872. The van der Waals surface area contributed by atoms with Gasteiger partial charge < -0.3 is 10.7 Å². The molecule has 3 nitrogen and oxygen atoms in total. The number of aromatic amines is 1. The fourth-order valence-corrected chi connectivity index (χ4v) is 1.98. The molecule has 2 rings (SSSR count). The van der Waals surface area contributed by atoms with Gasteiger partial charge in [-0.3, -0.25) is 0 Å². The van der Waals surface area contributed by atoms with Crippen molar-refractivity contribution >= 4 is 5.95 Å². The molecule has 0 amide bonds. The Morgan fingerprint density at radius 3 is 2.69 bits per heavy atom. The predicted molar refractivity (Wildman–Crippen MR) is 66.4 cm³/mol. The number of hydrogen-bond donors (Lipinski definition) is 2. The fraction of sp³-hybridized carbons (Fsp3) is 0.308. The Morgan fingerprint density at radius 1 is 1.31 bits per heavy atom. The van der Waals surface area contributed by atoms with Crippen molar-refractivity contribution in [2.24, 2.45) is 0 Å². The molecule has 1 heterocycles. The third kappa shape index (κ3) is 1.81. The summed E-state index contributed by atoms with van der Waals surface area (Å²) in [6.45, 7) is 6.45. The zero-order valence-corrected chi connectivity index (χ0v) is 9.91. The number of nitrogens with one attached hydrogen (secondary N) is 1. The number of nitrogens with zero attached hydrogens (tertiary/aromatic N) is 1. The maximum absolute atomic E-state index is 5.60. The van der Waals surface area contributed by atoms with E-state index in [4.69, 9.17) is 5.73 Å². The summed E-state index contributed by atoms with van der Waals surface area (Å²) < 4.78 is 0. The molecule has 0 aliphatic heterocycles. The molecule has 1 aromatic heterocycles. The second-order valence-electron chi connectivity index (χ2n) is 4.23. The van der Waals surface area contributed by atoms with E-state index in [2.05, 4.69) is 48.9 Å². The molecule has 0 aliphatic carbocycles. The van der Waals surface area contributed by atoms with Crippen LogP contribution in [0.15, 0.2) is 24.4 Å². The number of nitrogens with two attached hydrogens (primary N) is 1. The average Bonchev–Trinajstić information content (AvgIpc) is 2.68. The van der Waals surface area contributed by atoms with E-state index in [1.807, 2.05) is 6.20 Å². The van der Waals surface area contributed by atoms with Crippen LogP contribution in [0.1, 0.15) is 35.2 Å². The third-order valence-electron chi connectivity index (χ3n) is 3.19. The first-order valence-corrected chi connectivity index (χ1v) is 5.46. The first-order chi connectivity index (χ1) is 7.59. The Hall–Kier alpha value is -1.77. The molecule has 0 saturated heterocycles. The summed E-state index contributed by atoms with van der Waals surface area (Å²) in [5, 5.41) is 0. The minimum Gasteiger partial charge on any atom is -0.369 e. The topological polar surface area (TPSA) is 54.7 Å². The number of aromatic nitrogens is 2. The maximum Gasteiger partial charge on any atom is 0.197 e. The van der Waals surface area contributed by atoms with Crippen LogP contribution in [-0.4, -0.2) is 9.97 Å². The summed E-state index contributed by atoms with van der Waals surface area (Å²) in [4.78, 5) is 7.13. The van der Waals surface area contributed by atoms with Gasteiger partial charge in [0.2, 0.25) is 0 Å². The van der Waals surface area contributed by atoms with Gasteiger partial charge in [0.1, 0.15) is 0 Å². The van der Waals surface area contributed by atoms with Crippen molar-refractivity contribution in [3.63, 3.8) is 0 Å². The van der Waals surface area contributed by atoms with Gasteiger partial charge in [0, 0.05) is 11.6 Å². The van der Waals surface area contributed by atoms with Crippen LogP contribution < -0.4 is 5.73 Å². The Morgan fingerprint density at radius 2 is 2.06 bits per heavy atom. The van der Waals surface area contributed by atoms with E-state index in [1.165, 1.54) is 16.7 Å². The minimum atomic E-state index is 0.296. The molecular formula is C13H17N3. The van der Waals surface area contributed by atoms with Crippen molar-refractivity contribution in [1.82, 2.24) is 9.97 Å². The molecule has 3 N–H and O–H groups in total. The largest absolute Gasteiger partial charge is 0.369 e. The van der Waals surface area contributed by atoms with Crippen molar-refractivity contribution in [2.75, 3.05) is 5.73 Å². The van der Waals surface area contributed by atoms with E-state index in [1.54, 1.807) is 0 Å². The summed E-state index contributed by atoms with van der Waals surface area (Å²) in [5.74, 6) is 0.775. The van der Waals surface area contributed by atoms with Crippen molar-refractivity contribution in [3.8, 4) is 0 Å². The van der Waals surface area contributed by atoms with Gasteiger partial charge in [0.05, 0.1) is 6.20 Å². The first kappa shape index (κ1) is 10.7. The van der Waals surface area contributed by atoms with E-state index in [-0.39, 0.29) is 0 Å². The highest BCUT2D eigenvalue weighted by molar-refractivity contribution is 5.39. The van der Waals surface area contributed by atoms with Crippen molar-refractivity contribution < 1.29 is 0 Å². The van der Waals surface area contributed by atoms with Crippen LogP contribution >= 0.6 is 0 Å². The van der Waals surface area contributed by atoms with Crippen molar-refractivity contribution in [1.29, 1.82) is 0 Å². The molecule has 84 valence electrons. The molecule has 0 saturated carbocycles. The summed E-state index contributed by atoms with van der Waals surface area (Å²) >= 11 is 0. The Bertz CT molecular complexity index is 500. The Balaban J connectivity index is 2.41. The molecule has 1 atom stereocenters. The quantitative estimate of drug-likeness (QED) is 0.809. The normalized spacial score (nSPS) is 12.7. The van der Waals surface area contributed by atoms with Crippen LogP contribution in [0.5, 0.6) is 0 Å². The fourth-order valence-electron chi connectivity index (χ4n) is 1.98. The zero-order valence-electron chi connectivity index (χ0n) is 9.91. The molecule has 0 radical (unpaired) electrons. The molecule has 16 heavy (non-hydrogen) atoms. The van der Waals surface area contributed by atoms with Gasteiger partial charge >= 0.3 is 0 Å². The molecular weight excluding hydrogens is 198 g/mol. The molecule has 0 aliphatic rings. The van der Waals surface area contributed by atoms with Crippen LogP contribution in [0.25, 0.3) is 0 Å². The predicted octanol–water partition coefficient (Wildman–Crippen LogP) is 2.76. The number of hydrogen-bond acceptors (Lipinski definition) is 2. The van der Waals surface area contributed by atoms with E-state index in [0.29, 0.717) is 11.9 Å². The highest BCUT2D eigenvalue weighted by Gasteiger charge is 2.13. The van der Waals surface area contributed by atoms with E-state index in [0.717, 1.165) is 5.69 Å². The number of H-pyrrole nitrogens is 1. The number of imidazole rings is 1. The van der Waals surface area contributed by atoms with Crippen LogP contribution in [0, 0.1) is 13.8 Å². The lowest BCUT2D eigenvalue weighted by Gasteiger charge is -2.14. The minimum absolute atomic E-state index is 0.296. The highest BCUT2D eigenvalue weighted by Crippen LogP contribution is 2.27. The number of rotatable bonds is 2. The van der Waals surface area contributed by atoms with Gasteiger partial charge in [-0.1, -0.05) is 25.1 Å². The maximum atomic E-state index is 5.60. The monoisotopic (exact) mass is 215 g/mol. The molecule has 0 fully saturated rings. The standard InChI is InChI=1S/C13H17N3/c1-8-5-4-6-11(9(8)2)10(3)12-7-15-13(14)16-12/h4-7,10H,1-3H3,(H3,14,15,16)/t10-/m0/s1. The van der Waals surface area contributed by atoms with Crippen LogP contribution in [0.2, 0.25) is 0 Å². The number of anilines is 1. The van der Waals surface area contributed by atoms with Crippen LogP contribution in [0.3, 0.4) is 0 Å². The summed E-state index contributed by atoms with van der Waals surface area (Å²) in [6.07, 6.45) is 1.81. The molecule has 1 aromatic carbocycles. The lowest BCUT2D eigenvalue weighted by Crippen LogP contribution is -2.00. The van der Waals surface area contributed by atoms with Gasteiger partial charge in [0.25, 0.3) is 0 Å². The van der Waals surface area contributed by atoms with Gasteiger partial charge in [-0.2, -0.15) is 0 Å². The van der Waals surface area contributed by atoms with E-state index in [9.17, 15) is 0 Å². The molecule has 0 spiro atoms. The van der Waals surface area contributed by atoms with Crippen LogP contribution in [0.4, 0.5) is 5.95 Å². The molecule has 0 unspecified atom stereocenters. The molecule has 2 aromatic rings. The van der Waals surface area contributed by atoms with Gasteiger partial charge in [0.15, 0.2) is 5.95 Å². The summed E-state index contributed by atoms with van der Waals surface area (Å²) in [6, 6.07) is 6.38. The SMILES string of the molecule is Cc1cccc([C@H](C)c2cnc(N)[nH]2)c1C. The van der Waals surface area contributed by atoms with Gasteiger partial charge in [-0.15, -0.1) is 0 Å². The highest BCUT2D eigenvalue weighted by atomic mass is 15.0. The number of nitrogen functional groups attached to an aromatic ring is 1. The van der Waals surface area contributed by atoms with Crippen molar-refractivity contribution in [3.05, 3.63) is 46.8 Å². The second kappa shape index (κ2) is 4.00. The zero-order chi connectivity index (χ0) is 11.7. The van der Waals surface area contributed by atoms with E-state index >= 15 is 0 Å². The first-order valence-electron chi connectivity index (χ1n) is 5.46.